The Labute approximate surface area is 170 Å². The molecule has 4 rings (SSSR count). The molecule has 10 heteroatoms. The van der Waals surface area contributed by atoms with Crippen LogP contribution in [0.5, 0.6) is 0 Å². The largest absolute Gasteiger partial charge is 0.368 e. The molecular formula is C18H15ClN8S. The summed E-state index contributed by atoms with van der Waals surface area (Å²) in [5, 5.41) is 8.82. The van der Waals surface area contributed by atoms with Gasteiger partial charge in [-0.3, -0.25) is 0 Å². The first-order chi connectivity index (χ1) is 13.7. The number of anilines is 3. The van der Waals surface area contributed by atoms with Crippen LogP contribution in [0.3, 0.4) is 0 Å². The van der Waals surface area contributed by atoms with E-state index in [0.29, 0.717) is 27.7 Å². The zero-order valence-corrected chi connectivity index (χ0v) is 16.1. The Morgan fingerprint density at radius 1 is 1.00 bits per heavy atom. The minimum atomic E-state index is 0.143. The van der Waals surface area contributed by atoms with E-state index in [2.05, 4.69) is 30.4 Å². The molecule has 0 saturated carbocycles. The third-order valence-corrected chi connectivity index (χ3v) is 4.72. The van der Waals surface area contributed by atoms with Crippen LogP contribution >= 0.6 is 23.4 Å². The minimum Gasteiger partial charge on any atom is -0.368 e. The summed E-state index contributed by atoms with van der Waals surface area (Å²) < 4.78 is 1.72. The summed E-state index contributed by atoms with van der Waals surface area (Å²) in [6, 6.07) is 17.0. The van der Waals surface area contributed by atoms with Gasteiger partial charge in [0.2, 0.25) is 17.1 Å². The van der Waals surface area contributed by atoms with Gasteiger partial charge in [0.05, 0.1) is 11.4 Å². The van der Waals surface area contributed by atoms with Crippen LogP contribution in [0, 0.1) is 0 Å². The Kier molecular flexibility index (Phi) is 5.36. The molecule has 0 spiro atoms. The van der Waals surface area contributed by atoms with Gasteiger partial charge >= 0.3 is 0 Å². The number of rotatable bonds is 6. The van der Waals surface area contributed by atoms with Crippen molar-refractivity contribution in [1.29, 1.82) is 0 Å². The monoisotopic (exact) mass is 410 g/mol. The maximum Gasteiger partial charge on any atom is 0.232 e. The summed E-state index contributed by atoms with van der Waals surface area (Å²) >= 11 is 7.32. The number of halogens is 1. The molecule has 8 nitrogen and oxygen atoms in total. The van der Waals surface area contributed by atoms with E-state index in [0.717, 1.165) is 11.4 Å². The smallest absolute Gasteiger partial charge is 0.232 e. The molecule has 2 aromatic carbocycles. The summed E-state index contributed by atoms with van der Waals surface area (Å²) in [7, 11) is 0. The molecule has 4 aromatic rings. The molecule has 0 aliphatic rings. The SMILES string of the molecule is Nc1nc(CSc2ncn(-c3ccccc3)n2)nc(Nc2ccc(Cl)cc2)n1. The van der Waals surface area contributed by atoms with Crippen LogP contribution < -0.4 is 11.1 Å². The summed E-state index contributed by atoms with van der Waals surface area (Å²) in [5.41, 5.74) is 7.57. The molecule has 2 aromatic heterocycles. The van der Waals surface area contributed by atoms with Crippen molar-refractivity contribution in [3.05, 3.63) is 71.8 Å². The highest BCUT2D eigenvalue weighted by Crippen LogP contribution is 2.20. The first-order valence-corrected chi connectivity index (χ1v) is 9.65. The van der Waals surface area contributed by atoms with Gasteiger partial charge in [0.25, 0.3) is 0 Å². The first-order valence-electron chi connectivity index (χ1n) is 8.28. The number of hydrogen-bond acceptors (Lipinski definition) is 8. The average molecular weight is 411 g/mol. The summed E-state index contributed by atoms with van der Waals surface area (Å²) in [6.45, 7) is 0. The Morgan fingerprint density at radius 3 is 2.57 bits per heavy atom. The minimum absolute atomic E-state index is 0.143. The van der Waals surface area contributed by atoms with E-state index in [-0.39, 0.29) is 5.95 Å². The van der Waals surface area contributed by atoms with E-state index in [4.69, 9.17) is 17.3 Å². The van der Waals surface area contributed by atoms with Crippen molar-refractivity contribution < 1.29 is 0 Å². The Balaban J connectivity index is 1.44. The van der Waals surface area contributed by atoms with Crippen LogP contribution in [0.2, 0.25) is 5.02 Å². The molecule has 0 fully saturated rings. The van der Waals surface area contributed by atoms with Gasteiger partial charge in [-0.2, -0.15) is 15.0 Å². The molecule has 140 valence electrons. The number of nitrogens with zero attached hydrogens (tertiary/aromatic N) is 6. The lowest BCUT2D eigenvalue weighted by Crippen LogP contribution is -2.06. The number of nitrogen functional groups attached to an aromatic ring is 1. The van der Waals surface area contributed by atoms with Crippen LogP contribution in [0.1, 0.15) is 5.82 Å². The second-order valence-corrected chi connectivity index (χ2v) is 7.04. The number of nitrogens with one attached hydrogen (secondary N) is 1. The van der Waals surface area contributed by atoms with Gasteiger partial charge in [0, 0.05) is 10.7 Å². The lowest BCUT2D eigenvalue weighted by molar-refractivity contribution is 0.833. The van der Waals surface area contributed by atoms with Gasteiger partial charge in [-0.25, -0.2) is 9.67 Å². The Morgan fingerprint density at radius 2 is 1.79 bits per heavy atom. The van der Waals surface area contributed by atoms with Crippen LogP contribution in [-0.2, 0) is 5.75 Å². The zero-order chi connectivity index (χ0) is 19.3. The van der Waals surface area contributed by atoms with Gasteiger partial charge < -0.3 is 11.1 Å². The molecule has 0 unspecified atom stereocenters. The fourth-order valence-electron chi connectivity index (χ4n) is 2.37. The van der Waals surface area contributed by atoms with Crippen LogP contribution in [0.25, 0.3) is 5.69 Å². The molecule has 0 saturated heterocycles. The number of benzene rings is 2. The highest BCUT2D eigenvalue weighted by molar-refractivity contribution is 7.98. The number of aromatic nitrogens is 6. The van der Waals surface area contributed by atoms with Crippen LogP contribution in [-0.4, -0.2) is 29.7 Å². The van der Waals surface area contributed by atoms with Crippen molar-refractivity contribution in [3.8, 4) is 5.69 Å². The van der Waals surface area contributed by atoms with E-state index in [1.54, 1.807) is 23.1 Å². The van der Waals surface area contributed by atoms with E-state index in [1.807, 2.05) is 42.5 Å². The third kappa shape index (κ3) is 4.56. The lowest BCUT2D eigenvalue weighted by atomic mass is 10.3. The molecule has 0 bridgehead atoms. The number of para-hydroxylation sites is 1. The predicted molar refractivity (Wildman–Crippen MR) is 110 cm³/mol. The fourth-order valence-corrected chi connectivity index (χ4v) is 3.15. The maximum atomic E-state index is 5.90. The topological polar surface area (TPSA) is 107 Å². The van der Waals surface area contributed by atoms with Gasteiger partial charge in [-0.15, -0.1) is 5.10 Å². The summed E-state index contributed by atoms with van der Waals surface area (Å²) in [5.74, 6) is 1.50. The van der Waals surface area contributed by atoms with Gasteiger partial charge in [0.15, 0.2) is 0 Å². The number of thioether (sulfide) groups is 1. The molecule has 28 heavy (non-hydrogen) atoms. The van der Waals surface area contributed by atoms with Gasteiger partial charge in [0.1, 0.15) is 12.2 Å². The van der Waals surface area contributed by atoms with Crippen molar-refractivity contribution in [2.75, 3.05) is 11.1 Å². The standard InChI is InChI=1S/C18H15ClN8S/c19-12-6-8-13(9-7-12)22-17-24-15(23-16(20)25-17)10-28-18-21-11-27(26-18)14-4-2-1-3-5-14/h1-9,11H,10H2,(H3,20,22,23,24,25). The second-order valence-electron chi connectivity index (χ2n) is 5.66. The molecule has 0 aliphatic carbocycles. The molecular weight excluding hydrogens is 396 g/mol. The fraction of sp³-hybridized carbons (Fsp3) is 0.0556. The average Bonchev–Trinajstić information content (AvgIpc) is 3.18. The molecule has 0 amide bonds. The molecule has 0 radical (unpaired) electrons. The number of hydrogen-bond donors (Lipinski definition) is 2. The van der Waals surface area contributed by atoms with Crippen LogP contribution in [0.15, 0.2) is 66.1 Å². The predicted octanol–water partition coefficient (Wildman–Crippen LogP) is 3.72. The Hall–Kier alpha value is -3.17. The van der Waals surface area contributed by atoms with Crippen molar-refractivity contribution in [1.82, 2.24) is 29.7 Å². The van der Waals surface area contributed by atoms with E-state index in [1.165, 1.54) is 11.8 Å². The zero-order valence-electron chi connectivity index (χ0n) is 14.5. The second kappa shape index (κ2) is 8.24. The lowest BCUT2D eigenvalue weighted by Gasteiger charge is -2.07. The van der Waals surface area contributed by atoms with Crippen LogP contribution in [0.4, 0.5) is 17.6 Å². The Bertz CT molecular complexity index is 1070. The highest BCUT2D eigenvalue weighted by atomic mass is 35.5. The van der Waals surface area contributed by atoms with Gasteiger partial charge in [-0.05, 0) is 36.4 Å². The summed E-state index contributed by atoms with van der Waals surface area (Å²) in [4.78, 5) is 17.0. The van der Waals surface area contributed by atoms with E-state index >= 15 is 0 Å². The van der Waals surface area contributed by atoms with E-state index in [9.17, 15) is 0 Å². The first kappa shape index (κ1) is 18.2. The molecule has 2 heterocycles. The van der Waals surface area contributed by atoms with Crippen molar-refractivity contribution in [3.63, 3.8) is 0 Å². The molecule has 0 aliphatic heterocycles. The highest BCUT2D eigenvalue weighted by Gasteiger charge is 2.09. The number of nitrogens with two attached hydrogens (primary N) is 1. The normalized spacial score (nSPS) is 10.8. The van der Waals surface area contributed by atoms with Gasteiger partial charge in [-0.1, -0.05) is 41.6 Å². The molecule has 0 atom stereocenters. The molecule has 3 N–H and O–H groups in total. The van der Waals surface area contributed by atoms with Crippen molar-refractivity contribution in [2.24, 2.45) is 0 Å². The maximum absolute atomic E-state index is 5.90. The van der Waals surface area contributed by atoms with E-state index < -0.39 is 0 Å². The third-order valence-electron chi connectivity index (χ3n) is 3.62. The van der Waals surface area contributed by atoms with Crippen molar-refractivity contribution in [2.45, 2.75) is 10.9 Å². The quantitative estimate of drug-likeness (QED) is 0.463. The summed E-state index contributed by atoms with van der Waals surface area (Å²) in [6.07, 6.45) is 1.67. The van der Waals surface area contributed by atoms with Crippen molar-refractivity contribution >= 4 is 40.9 Å².